The van der Waals surface area contributed by atoms with Crippen LogP contribution < -0.4 is 5.32 Å². The molecule has 2 rings (SSSR count). The molecule has 2 nitrogen and oxygen atoms in total. The van der Waals surface area contributed by atoms with Crippen LogP contribution in [0.1, 0.15) is 30.5 Å². The fraction of sp³-hybridized carbons (Fsp3) is 0.294. The molecule has 0 heterocycles. The highest BCUT2D eigenvalue weighted by molar-refractivity contribution is 9.10. The van der Waals surface area contributed by atoms with E-state index in [-0.39, 0.29) is 0 Å². The number of hydrogen-bond donors (Lipinski definition) is 2. The van der Waals surface area contributed by atoms with Crippen molar-refractivity contribution in [1.29, 1.82) is 0 Å². The monoisotopic (exact) mass is 333 g/mol. The molecular weight excluding hydrogens is 314 g/mol. The summed E-state index contributed by atoms with van der Waals surface area (Å²) in [6, 6.07) is 16.3. The molecule has 0 aliphatic rings. The maximum atomic E-state index is 9.26. The lowest BCUT2D eigenvalue weighted by atomic mass is 10.0. The topological polar surface area (TPSA) is 32.3 Å². The quantitative estimate of drug-likeness (QED) is 0.819. The number of phenolic OH excluding ortho intramolecular Hbond substituents is 1. The Bertz CT molecular complexity index is 522. The molecule has 2 N–H and O–H groups in total. The van der Waals surface area contributed by atoms with Gasteiger partial charge in [-0.05, 0) is 54.8 Å². The number of nitrogens with one attached hydrogen (secondary N) is 1. The summed E-state index contributed by atoms with van der Waals surface area (Å²) in [5.74, 6) is 0.322. The van der Waals surface area contributed by atoms with Crippen LogP contribution in [0.3, 0.4) is 0 Å². The van der Waals surface area contributed by atoms with Crippen LogP contribution in [-0.4, -0.2) is 11.7 Å². The second-order valence-corrected chi connectivity index (χ2v) is 5.80. The number of rotatable bonds is 6. The van der Waals surface area contributed by atoms with Gasteiger partial charge in [0.05, 0.1) is 0 Å². The van der Waals surface area contributed by atoms with Crippen LogP contribution in [0.2, 0.25) is 0 Å². The van der Waals surface area contributed by atoms with Gasteiger partial charge in [-0.3, -0.25) is 0 Å². The first-order chi connectivity index (χ1) is 9.69. The average Bonchev–Trinajstić information content (AvgIpc) is 2.47. The summed E-state index contributed by atoms with van der Waals surface area (Å²) in [6.45, 7) is 3.12. The Labute approximate surface area is 129 Å². The van der Waals surface area contributed by atoms with Gasteiger partial charge in [-0.2, -0.15) is 0 Å². The number of hydrogen-bond acceptors (Lipinski definition) is 2. The summed E-state index contributed by atoms with van der Waals surface area (Å²) in [4.78, 5) is 0. The van der Waals surface area contributed by atoms with Crippen molar-refractivity contribution >= 4 is 15.9 Å². The molecule has 0 aliphatic heterocycles. The molecule has 106 valence electrons. The number of benzene rings is 2. The fourth-order valence-corrected chi connectivity index (χ4v) is 2.51. The molecule has 3 heteroatoms. The Hall–Kier alpha value is -1.32. The molecule has 0 fully saturated rings. The van der Waals surface area contributed by atoms with Gasteiger partial charge < -0.3 is 10.4 Å². The first kappa shape index (κ1) is 15.1. The molecule has 0 saturated heterocycles. The van der Waals surface area contributed by atoms with Crippen LogP contribution in [0.15, 0.2) is 53.0 Å². The summed E-state index contributed by atoms with van der Waals surface area (Å²) >= 11 is 3.46. The van der Waals surface area contributed by atoms with E-state index in [1.807, 2.05) is 12.1 Å². The summed E-state index contributed by atoms with van der Waals surface area (Å²) in [5, 5.41) is 12.9. The number of phenols is 1. The van der Waals surface area contributed by atoms with Gasteiger partial charge in [0.1, 0.15) is 5.75 Å². The van der Waals surface area contributed by atoms with E-state index in [0.717, 1.165) is 23.9 Å². The Balaban J connectivity index is 1.87. The molecule has 1 atom stereocenters. The Kier molecular flexibility index (Phi) is 5.62. The molecule has 0 amide bonds. The van der Waals surface area contributed by atoms with Gasteiger partial charge in [0.2, 0.25) is 0 Å². The van der Waals surface area contributed by atoms with Crippen LogP contribution >= 0.6 is 15.9 Å². The highest BCUT2D eigenvalue weighted by Crippen LogP contribution is 2.19. The average molecular weight is 334 g/mol. The Morgan fingerprint density at radius 2 is 1.70 bits per heavy atom. The lowest BCUT2D eigenvalue weighted by Gasteiger charge is -2.17. The highest BCUT2D eigenvalue weighted by Gasteiger charge is 2.07. The van der Waals surface area contributed by atoms with E-state index < -0.39 is 0 Å². The van der Waals surface area contributed by atoms with Gasteiger partial charge in [-0.15, -0.1) is 0 Å². The van der Waals surface area contributed by atoms with Crippen molar-refractivity contribution in [2.75, 3.05) is 6.54 Å². The van der Waals surface area contributed by atoms with E-state index in [9.17, 15) is 5.11 Å². The van der Waals surface area contributed by atoms with E-state index in [1.54, 1.807) is 12.1 Å². The molecule has 20 heavy (non-hydrogen) atoms. The smallest absolute Gasteiger partial charge is 0.115 e. The van der Waals surface area contributed by atoms with Crippen LogP contribution in [-0.2, 0) is 6.42 Å². The Morgan fingerprint density at radius 1 is 1.05 bits per heavy atom. The molecule has 1 unspecified atom stereocenters. The van der Waals surface area contributed by atoms with E-state index in [2.05, 4.69) is 52.4 Å². The van der Waals surface area contributed by atoms with E-state index in [1.165, 1.54) is 11.1 Å². The van der Waals surface area contributed by atoms with Crippen molar-refractivity contribution in [1.82, 2.24) is 5.32 Å². The van der Waals surface area contributed by atoms with Gasteiger partial charge in [-0.25, -0.2) is 0 Å². The zero-order valence-corrected chi connectivity index (χ0v) is 13.2. The summed E-state index contributed by atoms with van der Waals surface area (Å²) in [6.07, 6.45) is 2.03. The van der Waals surface area contributed by atoms with Gasteiger partial charge in [0.15, 0.2) is 0 Å². The van der Waals surface area contributed by atoms with Crippen molar-refractivity contribution in [3.8, 4) is 5.75 Å². The standard InChI is InChI=1S/C17H20BrNO/c1-2-17(14-5-7-15(18)8-6-14)19-12-11-13-3-9-16(20)10-4-13/h3-10,17,19-20H,2,11-12H2,1H3. The zero-order chi connectivity index (χ0) is 14.4. The minimum absolute atomic E-state index is 0.322. The first-order valence-electron chi connectivity index (χ1n) is 6.96. The fourth-order valence-electron chi connectivity index (χ4n) is 2.25. The third-order valence-electron chi connectivity index (χ3n) is 3.42. The second kappa shape index (κ2) is 7.46. The minimum Gasteiger partial charge on any atom is -0.508 e. The molecule has 2 aromatic rings. The minimum atomic E-state index is 0.322. The summed E-state index contributed by atoms with van der Waals surface area (Å²) in [7, 11) is 0. The number of halogens is 1. The van der Waals surface area contributed by atoms with Crippen molar-refractivity contribution in [2.24, 2.45) is 0 Å². The molecule has 0 aliphatic carbocycles. The molecule has 0 radical (unpaired) electrons. The molecule has 0 spiro atoms. The van der Waals surface area contributed by atoms with E-state index >= 15 is 0 Å². The zero-order valence-electron chi connectivity index (χ0n) is 11.6. The number of aromatic hydroxyl groups is 1. The van der Waals surface area contributed by atoms with Crippen LogP contribution in [0.4, 0.5) is 0 Å². The van der Waals surface area contributed by atoms with Crippen molar-refractivity contribution < 1.29 is 5.11 Å². The predicted molar refractivity (Wildman–Crippen MR) is 87.0 cm³/mol. The summed E-state index contributed by atoms with van der Waals surface area (Å²) < 4.78 is 1.11. The summed E-state index contributed by atoms with van der Waals surface area (Å²) in [5.41, 5.74) is 2.56. The first-order valence-corrected chi connectivity index (χ1v) is 7.75. The van der Waals surface area contributed by atoms with E-state index in [4.69, 9.17) is 0 Å². The van der Waals surface area contributed by atoms with Crippen LogP contribution in [0, 0.1) is 0 Å². The lowest BCUT2D eigenvalue weighted by Crippen LogP contribution is -2.23. The van der Waals surface area contributed by atoms with Crippen molar-refractivity contribution in [2.45, 2.75) is 25.8 Å². The van der Waals surface area contributed by atoms with Crippen LogP contribution in [0.5, 0.6) is 5.75 Å². The molecule has 0 bridgehead atoms. The van der Waals surface area contributed by atoms with Gasteiger partial charge in [0, 0.05) is 10.5 Å². The van der Waals surface area contributed by atoms with Crippen LogP contribution in [0.25, 0.3) is 0 Å². The maximum Gasteiger partial charge on any atom is 0.115 e. The highest BCUT2D eigenvalue weighted by atomic mass is 79.9. The normalized spacial score (nSPS) is 12.3. The van der Waals surface area contributed by atoms with Gasteiger partial charge in [-0.1, -0.05) is 47.1 Å². The Morgan fingerprint density at radius 3 is 2.30 bits per heavy atom. The molecular formula is C17H20BrNO. The van der Waals surface area contributed by atoms with E-state index in [0.29, 0.717) is 11.8 Å². The molecule has 2 aromatic carbocycles. The van der Waals surface area contributed by atoms with Crippen molar-refractivity contribution in [3.63, 3.8) is 0 Å². The predicted octanol–water partition coefficient (Wildman–Crippen LogP) is 4.44. The van der Waals surface area contributed by atoms with Crippen molar-refractivity contribution in [3.05, 3.63) is 64.1 Å². The SMILES string of the molecule is CCC(NCCc1ccc(O)cc1)c1ccc(Br)cc1. The maximum absolute atomic E-state index is 9.26. The molecule has 0 saturated carbocycles. The second-order valence-electron chi connectivity index (χ2n) is 4.88. The largest absolute Gasteiger partial charge is 0.508 e. The third-order valence-corrected chi connectivity index (χ3v) is 3.95. The van der Waals surface area contributed by atoms with Gasteiger partial charge in [0.25, 0.3) is 0 Å². The molecule has 0 aromatic heterocycles. The lowest BCUT2D eigenvalue weighted by molar-refractivity contribution is 0.475. The third kappa shape index (κ3) is 4.36. The van der Waals surface area contributed by atoms with Gasteiger partial charge >= 0.3 is 0 Å².